The standard InChI is InChI=1S/C29H32Cl2FN3O4S/c1-4-20(3)33-29(37)26(5-2)34(18-21-15-16-23(30)24(31)17-21)28(36)19-35(27-14-10-9-13-25(27)32)40(38,39)22-11-7-6-8-12-22/h6-17,20,26H,4-5,18-19H2,1-3H3,(H,33,37)/t20-,26-/m1/s1. The second-order valence-corrected chi connectivity index (χ2v) is 12.0. The molecular weight excluding hydrogens is 576 g/mol. The van der Waals surface area contributed by atoms with Gasteiger partial charge in [-0.1, -0.05) is 73.4 Å². The molecule has 0 aliphatic heterocycles. The molecule has 2 atom stereocenters. The molecule has 40 heavy (non-hydrogen) atoms. The van der Waals surface area contributed by atoms with Crippen LogP contribution >= 0.6 is 23.2 Å². The van der Waals surface area contributed by atoms with Crippen LogP contribution in [0.3, 0.4) is 0 Å². The van der Waals surface area contributed by atoms with Crippen molar-refractivity contribution in [2.24, 2.45) is 0 Å². The number of hydrogen-bond donors (Lipinski definition) is 1. The number of rotatable bonds is 12. The SMILES string of the molecule is CC[C@@H](C)NC(=O)[C@@H](CC)N(Cc1ccc(Cl)c(Cl)c1)C(=O)CN(c1ccccc1F)S(=O)(=O)c1ccccc1. The number of nitrogens with zero attached hydrogens (tertiary/aromatic N) is 2. The average Bonchev–Trinajstić information content (AvgIpc) is 2.94. The van der Waals surface area contributed by atoms with E-state index in [-0.39, 0.29) is 40.5 Å². The molecule has 214 valence electrons. The monoisotopic (exact) mass is 607 g/mol. The molecule has 0 fully saturated rings. The molecule has 0 saturated carbocycles. The smallest absolute Gasteiger partial charge is 0.264 e. The molecule has 3 aromatic carbocycles. The number of carbonyl (C=O) groups excluding carboxylic acids is 2. The van der Waals surface area contributed by atoms with Gasteiger partial charge in [0.2, 0.25) is 11.8 Å². The fourth-order valence-corrected chi connectivity index (χ4v) is 5.85. The third-order valence-electron chi connectivity index (χ3n) is 6.46. The molecule has 0 aromatic heterocycles. The van der Waals surface area contributed by atoms with Crippen molar-refractivity contribution in [3.05, 3.63) is 94.2 Å². The lowest BCUT2D eigenvalue weighted by Gasteiger charge is -2.33. The fraction of sp³-hybridized carbons (Fsp3) is 0.310. The van der Waals surface area contributed by atoms with Crippen molar-refractivity contribution in [2.45, 2.75) is 57.1 Å². The summed E-state index contributed by atoms with van der Waals surface area (Å²) < 4.78 is 43.2. The molecule has 0 aliphatic carbocycles. The molecule has 7 nitrogen and oxygen atoms in total. The van der Waals surface area contributed by atoms with Crippen molar-refractivity contribution in [3.63, 3.8) is 0 Å². The molecule has 0 heterocycles. The zero-order valence-electron chi connectivity index (χ0n) is 22.5. The summed E-state index contributed by atoms with van der Waals surface area (Å²) in [7, 11) is -4.36. The van der Waals surface area contributed by atoms with Gasteiger partial charge in [0.15, 0.2) is 0 Å². The molecule has 2 amide bonds. The Kier molecular flexibility index (Phi) is 11.0. The van der Waals surface area contributed by atoms with Gasteiger partial charge < -0.3 is 10.2 Å². The van der Waals surface area contributed by atoms with Gasteiger partial charge in [0.25, 0.3) is 10.0 Å². The van der Waals surface area contributed by atoms with E-state index in [0.29, 0.717) is 17.0 Å². The first-order valence-corrected chi connectivity index (χ1v) is 15.0. The van der Waals surface area contributed by atoms with E-state index in [4.69, 9.17) is 23.2 Å². The molecule has 11 heteroatoms. The number of anilines is 1. The predicted molar refractivity (Wildman–Crippen MR) is 156 cm³/mol. The summed E-state index contributed by atoms with van der Waals surface area (Å²) in [6.45, 7) is 4.73. The highest BCUT2D eigenvalue weighted by Crippen LogP contribution is 2.28. The Morgan fingerprint density at radius 1 is 0.925 bits per heavy atom. The minimum absolute atomic E-state index is 0.0569. The van der Waals surface area contributed by atoms with Crippen LogP contribution in [0, 0.1) is 5.82 Å². The average molecular weight is 609 g/mol. The zero-order chi connectivity index (χ0) is 29.4. The number of nitrogens with one attached hydrogen (secondary N) is 1. The summed E-state index contributed by atoms with van der Waals surface area (Å²) in [5.41, 5.74) is 0.298. The molecule has 0 bridgehead atoms. The van der Waals surface area contributed by atoms with Crippen LogP contribution in [-0.4, -0.2) is 43.8 Å². The Morgan fingerprint density at radius 2 is 1.57 bits per heavy atom. The van der Waals surface area contributed by atoms with Gasteiger partial charge in [0, 0.05) is 12.6 Å². The number of sulfonamides is 1. The maximum atomic E-state index is 15.0. The lowest BCUT2D eigenvalue weighted by Crippen LogP contribution is -2.53. The van der Waals surface area contributed by atoms with Crippen LogP contribution in [0.25, 0.3) is 0 Å². The van der Waals surface area contributed by atoms with Crippen LogP contribution in [0.15, 0.2) is 77.7 Å². The van der Waals surface area contributed by atoms with Gasteiger partial charge in [-0.15, -0.1) is 0 Å². The van der Waals surface area contributed by atoms with Crippen molar-refractivity contribution >= 4 is 50.7 Å². The van der Waals surface area contributed by atoms with E-state index in [1.807, 2.05) is 13.8 Å². The molecule has 3 rings (SSSR count). The highest BCUT2D eigenvalue weighted by Gasteiger charge is 2.34. The Labute approximate surface area is 244 Å². The Balaban J connectivity index is 2.07. The number of amides is 2. The third-order valence-corrected chi connectivity index (χ3v) is 8.97. The Bertz CT molecular complexity index is 1440. The van der Waals surface area contributed by atoms with Gasteiger partial charge in [-0.05, 0) is 61.7 Å². The summed E-state index contributed by atoms with van der Waals surface area (Å²) in [6.07, 6.45) is 0.930. The van der Waals surface area contributed by atoms with Crippen molar-refractivity contribution in [3.8, 4) is 0 Å². The van der Waals surface area contributed by atoms with Crippen molar-refractivity contribution in [1.82, 2.24) is 10.2 Å². The van der Waals surface area contributed by atoms with E-state index in [9.17, 15) is 22.4 Å². The van der Waals surface area contributed by atoms with Crippen LogP contribution in [0.4, 0.5) is 10.1 Å². The van der Waals surface area contributed by atoms with Gasteiger partial charge in [0.05, 0.1) is 20.6 Å². The highest BCUT2D eigenvalue weighted by atomic mass is 35.5. The number of hydrogen-bond acceptors (Lipinski definition) is 4. The number of benzene rings is 3. The third kappa shape index (κ3) is 7.53. The quantitative estimate of drug-likeness (QED) is 0.271. The van der Waals surface area contributed by atoms with Gasteiger partial charge in [-0.2, -0.15) is 0 Å². The Hall–Kier alpha value is -3.14. The molecule has 0 spiro atoms. The fourth-order valence-electron chi connectivity index (χ4n) is 4.08. The largest absolute Gasteiger partial charge is 0.352 e. The molecule has 0 saturated heterocycles. The first-order valence-electron chi connectivity index (χ1n) is 12.9. The van der Waals surface area contributed by atoms with Crippen LogP contribution in [0.1, 0.15) is 39.2 Å². The van der Waals surface area contributed by atoms with Crippen molar-refractivity contribution in [1.29, 1.82) is 0 Å². The lowest BCUT2D eigenvalue weighted by atomic mass is 10.1. The topological polar surface area (TPSA) is 86.8 Å². The van der Waals surface area contributed by atoms with E-state index in [0.717, 1.165) is 10.4 Å². The number of halogens is 3. The van der Waals surface area contributed by atoms with E-state index >= 15 is 0 Å². The van der Waals surface area contributed by atoms with E-state index in [1.54, 1.807) is 31.2 Å². The molecule has 0 radical (unpaired) electrons. The minimum atomic E-state index is -4.36. The predicted octanol–water partition coefficient (Wildman–Crippen LogP) is 6.05. The second-order valence-electron chi connectivity index (χ2n) is 9.29. The summed E-state index contributed by atoms with van der Waals surface area (Å²) in [5, 5.41) is 3.49. The van der Waals surface area contributed by atoms with Crippen LogP contribution in [-0.2, 0) is 26.2 Å². The van der Waals surface area contributed by atoms with Crippen molar-refractivity contribution in [2.75, 3.05) is 10.8 Å². The van der Waals surface area contributed by atoms with Gasteiger partial charge in [0.1, 0.15) is 18.4 Å². The Morgan fingerprint density at radius 3 is 2.17 bits per heavy atom. The van der Waals surface area contributed by atoms with E-state index in [1.165, 1.54) is 47.4 Å². The normalized spacial score (nSPS) is 12.8. The van der Waals surface area contributed by atoms with E-state index < -0.39 is 34.3 Å². The molecule has 0 unspecified atom stereocenters. The molecular formula is C29H32Cl2FN3O4S. The second kappa shape index (κ2) is 14.0. The van der Waals surface area contributed by atoms with Crippen molar-refractivity contribution < 1.29 is 22.4 Å². The van der Waals surface area contributed by atoms with Crippen LogP contribution in [0.2, 0.25) is 10.0 Å². The first kappa shape index (κ1) is 31.4. The van der Waals surface area contributed by atoms with Crippen LogP contribution in [0.5, 0.6) is 0 Å². The molecule has 1 N–H and O–H groups in total. The first-order chi connectivity index (χ1) is 19.0. The summed E-state index contributed by atoms with van der Waals surface area (Å²) >= 11 is 12.3. The van der Waals surface area contributed by atoms with Gasteiger partial charge in [-0.3, -0.25) is 13.9 Å². The number of carbonyl (C=O) groups is 2. The van der Waals surface area contributed by atoms with Gasteiger partial charge >= 0.3 is 0 Å². The summed E-state index contributed by atoms with van der Waals surface area (Å²) in [6, 6.07) is 16.5. The maximum Gasteiger partial charge on any atom is 0.264 e. The minimum Gasteiger partial charge on any atom is -0.352 e. The van der Waals surface area contributed by atoms with E-state index in [2.05, 4.69) is 5.32 Å². The molecule has 3 aromatic rings. The number of para-hydroxylation sites is 1. The highest BCUT2D eigenvalue weighted by molar-refractivity contribution is 7.92. The van der Waals surface area contributed by atoms with Gasteiger partial charge in [-0.25, -0.2) is 12.8 Å². The van der Waals surface area contributed by atoms with Crippen LogP contribution < -0.4 is 9.62 Å². The maximum absolute atomic E-state index is 15.0. The zero-order valence-corrected chi connectivity index (χ0v) is 24.8. The summed E-state index contributed by atoms with van der Waals surface area (Å²) in [4.78, 5) is 28.5. The summed E-state index contributed by atoms with van der Waals surface area (Å²) in [5.74, 6) is -1.89. The molecule has 0 aliphatic rings. The lowest BCUT2D eigenvalue weighted by molar-refractivity contribution is -0.140.